The minimum absolute atomic E-state index is 0.350. The molecule has 7 heteroatoms. The van der Waals surface area contributed by atoms with E-state index in [1.54, 1.807) is 6.07 Å². The van der Waals surface area contributed by atoms with Crippen LogP contribution in [0.3, 0.4) is 0 Å². The fraction of sp³-hybridized carbons (Fsp3) is 0. The van der Waals surface area contributed by atoms with Crippen molar-refractivity contribution in [3.63, 3.8) is 0 Å². The van der Waals surface area contributed by atoms with Gasteiger partial charge in [0.15, 0.2) is 0 Å². The first kappa shape index (κ1) is 11.2. The standard InChI is InChI=1S/C9H5BrFN3OS/c10-6-2-1-5(3-7(6)11)13-9(15)8-4-12-14-16-8/h1-4H,(H,13,15). The van der Waals surface area contributed by atoms with Crippen molar-refractivity contribution in [1.29, 1.82) is 0 Å². The van der Waals surface area contributed by atoms with Crippen molar-refractivity contribution < 1.29 is 9.18 Å². The molecule has 0 aliphatic carbocycles. The second-order valence-corrected chi connectivity index (χ2v) is 4.50. The van der Waals surface area contributed by atoms with Gasteiger partial charge < -0.3 is 5.32 Å². The number of rotatable bonds is 2. The van der Waals surface area contributed by atoms with Gasteiger partial charge in [-0.05, 0) is 45.7 Å². The van der Waals surface area contributed by atoms with Gasteiger partial charge in [0.1, 0.15) is 10.7 Å². The van der Waals surface area contributed by atoms with Crippen LogP contribution in [-0.4, -0.2) is 15.5 Å². The van der Waals surface area contributed by atoms with Crippen LogP contribution in [0.15, 0.2) is 28.9 Å². The summed E-state index contributed by atoms with van der Waals surface area (Å²) in [5.41, 5.74) is 0.388. The first-order chi connectivity index (χ1) is 7.66. The number of nitrogens with one attached hydrogen (secondary N) is 1. The largest absolute Gasteiger partial charge is 0.321 e. The number of hydrogen-bond acceptors (Lipinski definition) is 4. The molecule has 1 heterocycles. The summed E-state index contributed by atoms with van der Waals surface area (Å²) in [5, 5.41) is 6.09. The van der Waals surface area contributed by atoms with Gasteiger partial charge in [0.05, 0.1) is 10.7 Å². The van der Waals surface area contributed by atoms with E-state index in [-0.39, 0.29) is 5.91 Å². The quantitative estimate of drug-likeness (QED) is 0.928. The van der Waals surface area contributed by atoms with Gasteiger partial charge in [0.2, 0.25) is 0 Å². The lowest BCUT2D eigenvalue weighted by Gasteiger charge is -2.03. The van der Waals surface area contributed by atoms with Crippen LogP contribution < -0.4 is 5.32 Å². The van der Waals surface area contributed by atoms with E-state index < -0.39 is 5.82 Å². The van der Waals surface area contributed by atoms with Crippen molar-refractivity contribution in [2.75, 3.05) is 5.32 Å². The first-order valence-electron chi connectivity index (χ1n) is 4.20. The molecule has 0 fully saturated rings. The zero-order chi connectivity index (χ0) is 11.5. The monoisotopic (exact) mass is 301 g/mol. The number of anilines is 1. The fourth-order valence-corrected chi connectivity index (χ4v) is 1.69. The number of aromatic nitrogens is 2. The van der Waals surface area contributed by atoms with Crippen molar-refractivity contribution in [3.05, 3.63) is 39.6 Å². The third-order valence-electron chi connectivity index (χ3n) is 1.76. The van der Waals surface area contributed by atoms with Gasteiger partial charge >= 0.3 is 0 Å². The molecule has 0 aliphatic heterocycles. The van der Waals surface area contributed by atoms with Crippen LogP contribution >= 0.6 is 27.5 Å². The van der Waals surface area contributed by atoms with E-state index in [1.165, 1.54) is 18.3 Å². The Balaban J connectivity index is 2.15. The third-order valence-corrected chi connectivity index (χ3v) is 3.07. The smallest absolute Gasteiger partial charge is 0.269 e. The maximum absolute atomic E-state index is 13.2. The van der Waals surface area contributed by atoms with Crippen LogP contribution in [-0.2, 0) is 0 Å². The maximum Gasteiger partial charge on any atom is 0.269 e. The average molecular weight is 302 g/mol. The molecule has 1 N–H and O–H groups in total. The zero-order valence-electron chi connectivity index (χ0n) is 7.78. The minimum atomic E-state index is -0.430. The minimum Gasteiger partial charge on any atom is -0.321 e. The van der Waals surface area contributed by atoms with E-state index in [1.807, 2.05) is 0 Å². The van der Waals surface area contributed by atoms with Crippen LogP contribution in [0, 0.1) is 5.82 Å². The van der Waals surface area contributed by atoms with Gasteiger partial charge in [-0.15, -0.1) is 5.10 Å². The highest BCUT2D eigenvalue weighted by Gasteiger charge is 2.09. The number of amides is 1. The molecule has 0 spiro atoms. The zero-order valence-corrected chi connectivity index (χ0v) is 10.2. The maximum atomic E-state index is 13.2. The molecule has 0 radical (unpaired) electrons. The normalized spacial score (nSPS) is 10.1. The number of benzene rings is 1. The second kappa shape index (κ2) is 4.67. The molecule has 82 valence electrons. The molecule has 2 rings (SSSR count). The second-order valence-electron chi connectivity index (χ2n) is 2.86. The molecule has 1 aromatic carbocycles. The highest BCUT2D eigenvalue weighted by molar-refractivity contribution is 9.10. The number of carbonyl (C=O) groups is 1. The van der Waals surface area contributed by atoms with E-state index in [4.69, 9.17) is 0 Å². The van der Waals surface area contributed by atoms with Crippen LogP contribution in [0.25, 0.3) is 0 Å². The van der Waals surface area contributed by atoms with Gasteiger partial charge in [-0.1, -0.05) is 4.49 Å². The Hall–Kier alpha value is -1.34. The van der Waals surface area contributed by atoms with Crippen LogP contribution in [0.4, 0.5) is 10.1 Å². The topological polar surface area (TPSA) is 54.9 Å². The van der Waals surface area contributed by atoms with Crippen LogP contribution in [0.5, 0.6) is 0 Å². The Morgan fingerprint density at radius 1 is 1.50 bits per heavy atom. The summed E-state index contributed by atoms with van der Waals surface area (Å²) in [6.45, 7) is 0. The molecule has 1 aromatic heterocycles. The average Bonchev–Trinajstić information content (AvgIpc) is 2.77. The molecule has 0 atom stereocenters. The predicted octanol–water partition coefficient (Wildman–Crippen LogP) is 2.69. The molecule has 2 aromatic rings. The summed E-state index contributed by atoms with van der Waals surface area (Å²) >= 11 is 4.01. The van der Waals surface area contributed by atoms with E-state index in [0.29, 0.717) is 15.0 Å². The molecule has 4 nitrogen and oxygen atoms in total. The summed E-state index contributed by atoms with van der Waals surface area (Å²) in [6, 6.07) is 4.35. The molecule has 0 saturated carbocycles. The van der Waals surface area contributed by atoms with Crippen molar-refractivity contribution in [2.45, 2.75) is 0 Å². The van der Waals surface area contributed by atoms with Gasteiger partial charge in [0.25, 0.3) is 5.91 Å². The lowest BCUT2D eigenvalue weighted by molar-refractivity contribution is 0.103. The molecule has 0 bridgehead atoms. The Bertz CT molecular complexity index is 517. The van der Waals surface area contributed by atoms with Crippen molar-refractivity contribution in [2.24, 2.45) is 0 Å². The van der Waals surface area contributed by atoms with Crippen LogP contribution in [0.1, 0.15) is 9.67 Å². The van der Waals surface area contributed by atoms with E-state index in [9.17, 15) is 9.18 Å². The van der Waals surface area contributed by atoms with Crippen molar-refractivity contribution >= 4 is 39.1 Å². The molecular weight excluding hydrogens is 297 g/mol. The highest BCUT2D eigenvalue weighted by atomic mass is 79.9. The lowest BCUT2D eigenvalue weighted by Crippen LogP contribution is -2.10. The van der Waals surface area contributed by atoms with Crippen LogP contribution in [0.2, 0.25) is 0 Å². The number of halogens is 2. The Kier molecular flexibility index (Phi) is 3.25. The van der Waals surface area contributed by atoms with E-state index in [2.05, 4.69) is 30.8 Å². The summed E-state index contributed by atoms with van der Waals surface area (Å²) < 4.78 is 17.1. The van der Waals surface area contributed by atoms with Gasteiger partial charge in [-0.3, -0.25) is 4.79 Å². The van der Waals surface area contributed by atoms with E-state index >= 15 is 0 Å². The van der Waals surface area contributed by atoms with Crippen molar-refractivity contribution in [1.82, 2.24) is 9.59 Å². The Morgan fingerprint density at radius 3 is 2.94 bits per heavy atom. The summed E-state index contributed by atoms with van der Waals surface area (Å²) in [7, 11) is 0. The predicted molar refractivity (Wildman–Crippen MR) is 62.0 cm³/mol. The number of carbonyl (C=O) groups excluding carboxylic acids is 1. The SMILES string of the molecule is O=C(Nc1ccc(Br)c(F)c1)c1cnns1. The molecule has 0 saturated heterocycles. The van der Waals surface area contributed by atoms with Gasteiger partial charge in [0, 0.05) is 5.69 Å². The molecular formula is C9H5BrFN3OS. The molecule has 0 unspecified atom stereocenters. The molecule has 16 heavy (non-hydrogen) atoms. The fourth-order valence-electron chi connectivity index (χ4n) is 1.03. The highest BCUT2D eigenvalue weighted by Crippen LogP contribution is 2.19. The first-order valence-corrected chi connectivity index (χ1v) is 5.77. The lowest BCUT2D eigenvalue weighted by atomic mass is 10.3. The molecule has 0 aliphatic rings. The summed E-state index contributed by atoms with van der Waals surface area (Å²) in [6.07, 6.45) is 1.36. The van der Waals surface area contributed by atoms with E-state index in [0.717, 1.165) is 11.5 Å². The van der Waals surface area contributed by atoms with Gasteiger partial charge in [-0.25, -0.2) is 4.39 Å². The van der Waals surface area contributed by atoms with Gasteiger partial charge in [-0.2, -0.15) is 0 Å². The summed E-state index contributed by atoms with van der Waals surface area (Å²) in [5.74, 6) is -0.781. The Labute approximate surface area is 103 Å². The number of nitrogens with zero attached hydrogens (tertiary/aromatic N) is 2. The summed E-state index contributed by atoms with van der Waals surface area (Å²) in [4.78, 5) is 11.9. The molecule has 1 amide bonds. The Morgan fingerprint density at radius 2 is 2.31 bits per heavy atom. The van der Waals surface area contributed by atoms with Crippen molar-refractivity contribution in [3.8, 4) is 0 Å². The third kappa shape index (κ3) is 2.42. The number of hydrogen-bond donors (Lipinski definition) is 1.